The maximum atomic E-state index is 5.98. The summed E-state index contributed by atoms with van der Waals surface area (Å²) in [7, 11) is 0. The highest BCUT2D eigenvalue weighted by Gasteiger charge is 2.07. The first-order valence-electron chi connectivity index (χ1n) is 4.35. The van der Waals surface area contributed by atoms with E-state index in [9.17, 15) is 0 Å². The van der Waals surface area contributed by atoms with Crippen LogP contribution in [-0.4, -0.2) is 9.97 Å². The Kier molecular flexibility index (Phi) is 3.45. The molecule has 4 nitrogen and oxygen atoms in total. The number of hydrogen-bond acceptors (Lipinski definition) is 4. The monoisotopic (exact) mass is 347 g/mol. The number of nitrogens with two attached hydrogens (primary N) is 1. The highest BCUT2D eigenvalue weighted by atomic mass is 127. The van der Waals surface area contributed by atoms with E-state index in [-0.39, 0.29) is 0 Å². The molecule has 0 saturated heterocycles. The molecule has 1 aromatic carbocycles. The fourth-order valence-electron chi connectivity index (χ4n) is 1.08. The summed E-state index contributed by atoms with van der Waals surface area (Å²) in [6.45, 7) is 0. The highest BCUT2D eigenvalue weighted by molar-refractivity contribution is 14.1. The van der Waals surface area contributed by atoms with E-state index in [0.717, 1.165) is 3.57 Å². The van der Waals surface area contributed by atoms with E-state index >= 15 is 0 Å². The van der Waals surface area contributed by atoms with Crippen LogP contribution < -0.4 is 10.5 Å². The van der Waals surface area contributed by atoms with Gasteiger partial charge < -0.3 is 10.5 Å². The highest BCUT2D eigenvalue weighted by Crippen LogP contribution is 2.31. The molecule has 0 fully saturated rings. The van der Waals surface area contributed by atoms with Crippen molar-refractivity contribution in [3.63, 3.8) is 0 Å². The minimum Gasteiger partial charge on any atom is -0.436 e. The molecule has 2 rings (SSSR count). The van der Waals surface area contributed by atoms with Crippen LogP contribution >= 0.6 is 34.2 Å². The summed E-state index contributed by atoms with van der Waals surface area (Å²) >= 11 is 8.07. The molecular weight excluding hydrogens is 340 g/mol. The molecular formula is C10H7ClIN3O. The molecule has 0 spiro atoms. The number of ether oxygens (including phenoxy) is 1. The predicted molar refractivity (Wildman–Crippen MR) is 70.7 cm³/mol. The largest absolute Gasteiger partial charge is 0.436 e. The number of aromatic nitrogens is 2. The Morgan fingerprint density at radius 1 is 1.38 bits per heavy atom. The zero-order valence-corrected chi connectivity index (χ0v) is 10.9. The Morgan fingerprint density at radius 3 is 2.88 bits per heavy atom. The van der Waals surface area contributed by atoms with Gasteiger partial charge in [-0.1, -0.05) is 11.6 Å². The molecule has 0 aliphatic rings. The van der Waals surface area contributed by atoms with Gasteiger partial charge >= 0.3 is 0 Å². The second-order valence-corrected chi connectivity index (χ2v) is 4.54. The van der Waals surface area contributed by atoms with Gasteiger partial charge in [-0.3, -0.25) is 0 Å². The molecule has 0 aliphatic carbocycles. The van der Waals surface area contributed by atoms with Gasteiger partial charge in [-0.05, 0) is 40.8 Å². The third-order valence-corrected chi connectivity index (χ3v) is 2.83. The van der Waals surface area contributed by atoms with Gasteiger partial charge in [0.05, 0.1) is 8.59 Å². The molecule has 0 aliphatic heterocycles. The quantitative estimate of drug-likeness (QED) is 0.670. The van der Waals surface area contributed by atoms with Crippen LogP contribution in [0.5, 0.6) is 11.6 Å². The van der Waals surface area contributed by atoms with Crippen molar-refractivity contribution >= 4 is 39.9 Å². The van der Waals surface area contributed by atoms with Crippen LogP contribution in [0.1, 0.15) is 0 Å². The number of benzene rings is 1. The lowest BCUT2D eigenvalue weighted by Crippen LogP contribution is -1.93. The number of hydrogen-bond donors (Lipinski definition) is 1. The van der Waals surface area contributed by atoms with Crippen molar-refractivity contribution in [2.24, 2.45) is 0 Å². The van der Waals surface area contributed by atoms with Crippen LogP contribution in [0.2, 0.25) is 5.02 Å². The summed E-state index contributed by atoms with van der Waals surface area (Å²) in [6, 6.07) is 5.05. The van der Waals surface area contributed by atoms with E-state index in [1.165, 1.54) is 6.33 Å². The van der Waals surface area contributed by atoms with Crippen LogP contribution in [0.25, 0.3) is 0 Å². The Balaban J connectivity index is 2.31. The first-order chi connectivity index (χ1) is 7.66. The number of rotatable bonds is 2. The fraction of sp³-hybridized carbons (Fsp3) is 0. The normalized spacial score (nSPS) is 10.1. The Bertz CT molecular complexity index is 521. The Labute approximate surface area is 111 Å². The fourth-order valence-corrected chi connectivity index (χ4v) is 1.72. The van der Waals surface area contributed by atoms with E-state index in [1.54, 1.807) is 24.4 Å². The molecule has 82 valence electrons. The molecule has 16 heavy (non-hydrogen) atoms. The number of halogens is 2. The van der Waals surface area contributed by atoms with Gasteiger partial charge in [0.1, 0.15) is 12.1 Å². The molecule has 0 amide bonds. The minimum atomic E-state index is 0.453. The molecule has 1 aromatic heterocycles. The van der Waals surface area contributed by atoms with E-state index in [1.807, 2.05) is 0 Å². The van der Waals surface area contributed by atoms with Crippen molar-refractivity contribution in [1.29, 1.82) is 0 Å². The maximum absolute atomic E-state index is 5.98. The molecule has 0 saturated carbocycles. The first-order valence-corrected chi connectivity index (χ1v) is 5.81. The van der Waals surface area contributed by atoms with Gasteiger partial charge in [-0.15, -0.1) is 0 Å². The number of nitrogen functional groups attached to an aromatic ring is 1. The van der Waals surface area contributed by atoms with Crippen LogP contribution in [0.3, 0.4) is 0 Å². The average Bonchev–Trinajstić information content (AvgIpc) is 2.25. The van der Waals surface area contributed by atoms with Gasteiger partial charge in [0.15, 0.2) is 0 Å². The van der Waals surface area contributed by atoms with E-state index in [4.69, 9.17) is 22.1 Å². The van der Waals surface area contributed by atoms with Gasteiger partial charge in [0.2, 0.25) is 5.88 Å². The van der Waals surface area contributed by atoms with Crippen LogP contribution in [0.4, 0.5) is 5.69 Å². The lowest BCUT2D eigenvalue weighted by molar-refractivity contribution is 0.458. The molecule has 0 radical (unpaired) electrons. The zero-order chi connectivity index (χ0) is 11.5. The topological polar surface area (TPSA) is 61.0 Å². The maximum Gasteiger partial charge on any atom is 0.235 e. The third-order valence-electron chi connectivity index (χ3n) is 1.80. The second-order valence-electron chi connectivity index (χ2n) is 2.97. The standard InChI is InChI=1S/C10H7ClIN3O/c11-7-3-6(13)1-2-9(7)16-10-8(12)4-14-5-15-10/h1-5H,13H2. The van der Waals surface area contributed by atoms with E-state index < -0.39 is 0 Å². The van der Waals surface area contributed by atoms with Gasteiger partial charge in [0.25, 0.3) is 0 Å². The van der Waals surface area contributed by atoms with Crippen LogP contribution in [-0.2, 0) is 0 Å². The summed E-state index contributed by atoms with van der Waals surface area (Å²) in [5, 5.41) is 0.453. The molecule has 0 unspecified atom stereocenters. The lowest BCUT2D eigenvalue weighted by Gasteiger charge is -2.07. The summed E-state index contributed by atoms with van der Waals surface area (Å²) in [5.41, 5.74) is 6.18. The van der Waals surface area contributed by atoms with Crippen molar-refractivity contribution in [2.75, 3.05) is 5.73 Å². The molecule has 2 aromatic rings. The van der Waals surface area contributed by atoms with E-state index in [0.29, 0.717) is 22.3 Å². The van der Waals surface area contributed by atoms with Gasteiger partial charge in [-0.2, -0.15) is 0 Å². The summed E-state index contributed by atoms with van der Waals surface area (Å²) < 4.78 is 6.36. The van der Waals surface area contributed by atoms with Gasteiger partial charge in [-0.25, -0.2) is 9.97 Å². The molecule has 6 heteroatoms. The molecule has 1 heterocycles. The number of nitrogens with zero attached hydrogens (tertiary/aromatic N) is 2. The zero-order valence-electron chi connectivity index (χ0n) is 8.02. The Hall–Kier alpha value is -1.08. The predicted octanol–water partition coefficient (Wildman–Crippen LogP) is 3.11. The van der Waals surface area contributed by atoms with Crippen molar-refractivity contribution < 1.29 is 4.74 Å². The summed E-state index contributed by atoms with van der Waals surface area (Å²) in [6.07, 6.45) is 3.08. The second kappa shape index (κ2) is 4.84. The molecule has 2 N–H and O–H groups in total. The van der Waals surface area contributed by atoms with E-state index in [2.05, 4.69) is 32.6 Å². The smallest absolute Gasteiger partial charge is 0.235 e. The van der Waals surface area contributed by atoms with Gasteiger partial charge in [0, 0.05) is 11.9 Å². The average molecular weight is 348 g/mol. The van der Waals surface area contributed by atoms with Crippen molar-refractivity contribution in [2.45, 2.75) is 0 Å². The van der Waals surface area contributed by atoms with Crippen molar-refractivity contribution in [1.82, 2.24) is 9.97 Å². The van der Waals surface area contributed by atoms with Crippen molar-refractivity contribution in [3.8, 4) is 11.6 Å². The number of anilines is 1. The summed E-state index contributed by atoms with van der Waals surface area (Å²) in [4.78, 5) is 7.88. The SMILES string of the molecule is Nc1ccc(Oc2ncncc2I)c(Cl)c1. The molecule has 0 bridgehead atoms. The first kappa shape index (κ1) is 11.4. The molecule has 0 atom stereocenters. The van der Waals surface area contributed by atoms with Crippen LogP contribution in [0, 0.1) is 3.57 Å². The summed E-state index contributed by atoms with van der Waals surface area (Å²) in [5.74, 6) is 0.995. The van der Waals surface area contributed by atoms with Crippen LogP contribution in [0.15, 0.2) is 30.7 Å². The van der Waals surface area contributed by atoms with Crippen molar-refractivity contribution in [3.05, 3.63) is 39.3 Å². The third kappa shape index (κ3) is 2.53. The lowest BCUT2D eigenvalue weighted by atomic mass is 10.3. The minimum absolute atomic E-state index is 0.453. The Morgan fingerprint density at radius 2 is 2.19 bits per heavy atom.